The van der Waals surface area contributed by atoms with Crippen LogP contribution in [0.1, 0.15) is 30.9 Å². The van der Waals surface area contributed by atoms with E-state index in [1.54, 1.807) is 21.3 Å². The second kappa shape index (κ2) is 12.6. The zero-order valence-corrected chi connectivity index (χ0v) is 20.1. The van der Waals surface area contributed by atoms with Crippen LogP contribution in [-0.4, -0.2) is 34.5 Å². The fraction of sp³-hybridized carbons (Fsp3) is 0.333. The van der Waals surface area contributed by atoms with Crippen LogP contribution >= 0.6 is 0 Å². The Morgan fingerprint density at radius 1 is 0.875 bits per heavy atom. The Balaban J connectivity index is 0.000000303. The predicted molar refractivity (Wildman–Crippen MR) is 135 cm³/mol. The monoisotopic (exact) mass is 436 g/mol. The molecule has 0 aromatic heterocycles. The Bertz CT molecular complexity index is 969. The van der Waals surface area contributed by atoms with Gasteiger partial charge in [-0.05, 0) is 53.8 Å². The summed E-state index contributed by atoms with van der Waals surface area (Å²) >= 11 is 0. The molecule has 0 aliphatic heterocycles. The second-order valence-electron chi connectivity index (χ2n) is 7.86. The normalized spacial score (nSPS) is 10.3. The van der Waals surface area contributed by atoms with E-state index in [0.29, 0.717) is 30.5 Å². The smallest absolute Gasteiger partial charge is 0.144 e. The van der Waals surface area contributed by atoms with E-state index in [1.807, 2.05) is 36.4 Å². The Kier molecular flexibility index (Phi) is 9.89. The molecule has 0 aliphatic carbocycles. The molecule has 172 valence electrons. The highest BCUT2D eigenvalue weighted by Crippen LogP contribution is 2.37. The number of ether oxygens (including phenoxy) is 3. The van der Waals surface area contributed by atoms with Gasteiger partial charge in [0.2, 0.25) is 0 Å². The molecule has 0 amide bonds. The first-order valence-corrected chi connectivity index (χ1v) is 10.8. The molecule has 0 aliphatic rings. The standard InChI is InChI=1S/C17H22N2O3.C10H14/c1-20-8-7-19-17-15(18)10-13(11-16(17)22-3)12-5-4-6-14(9-12)21-2;1-8(2)10-6-4-9(3)5-7-10/h4-6,9-11,19H,7-8,18H2,1-3H3;4-8H,1-3H3. The van der Waals surface area contributed by atoms with Gasteiger partial charge in [0.05, 0.1) is 26.5 Å². The highest BCUT2D eigenvalue weighted by molar-refractivity contribution is 5.81. The first-order chi connectivity index (χ1) is 15.4. The van der Waals surface area contributed by atoms with Gasteiger partial charge in [-0.3, -0.25) is 0 Å². The molecule has 5 nitrogen and oxygen atoms in total. The zero-order chi connectivity index (χ0) is 23.5. The highest BCUT2D eigenvalue weighted by atomic mass is 16.5. The number of anilines is 2. The van der Waals surface area contributed by atoms with Gasteiger partial charge in [0.15, 0.2) is 0 Å². The molecular formula is C27H36N2O3. The average molecular weight is 437 g/mol. The third-order valence-electron chi connectivity index (χ3n) is 5.11. The Morgan fingerprint density at radius 2 is 1.59 bits per heavy atom. The van der Waals surface area contributed by atoms with Gasteiger partial charge in [0.25, 0.3) is 0 Å². The number of nitrogens with two attached hydrogens (primary N) is 1. The van der Waals surface area contributed by atoms with Crippen LogP contribution in [0.2, 0.25) is 0 Å². The van der Waals surface area contributed by atoms with Crippen molar-refractivity contribution in [3.8, 4) is 22.6 Å². The van der Waals surface area contributed by atoms with E-state index >= 15 is 0 Å². The molecular weight excluding hydrogens is 400 g/mol. The molecule has 0 saturated heterocycles. The first-order valence-electron chi connectivity index (χ1n) is 10.8. The van der Waals surface area contributed by atoms with Gasteiger partial charge in [-0.25, -0.2) is 0 Å². The van der Waals surface area contributed by atoms with Crippen molar-refractivity contribution in [3.05, 3.63) is 71.8 Å². The number of benzene rings is 3. The summed E-state index contributed by atoms with van der Waals surface area (Å²) in [4.78, 5) is 0. The first kappa shape index (κ1) is 25.1. The molecule has 5 heteroatoms. The van der Waals surface area contributed by atoms with Gasteiger partial charge in [-0.2, -0.15) is 0 Å². The van der Waals surface area contributed by atoms with Crippen molar-refractivity contribution in [2.45, 2.75) is 26.7 Å². The number of nitrogens with one attached hydrogen (secondary N) is 1. The molecule has 0 heterocycles. The minimum Gasteiger partial charge on any atom is -0.497 e. The summed E-state index contributed by atoms with van der Waals surface area (Å²) in [7, 11) is 4.94. The third kappa shape index (κ3) is 7.20. The van der Waals surface area contributed by atoms with Crippen LogP contribution in [-0.2, 0) is 4.74 Å². The fourth-order valence-electron chi connectivity index (χ4n) is 3.19. The molecule has 32 heavy (non-hydrogen) atoms. The Hall–Kier alpha value is -3.18. The van der Waals surface area contributed by atoms with Crippen LogP contribution in [0.3, 0.4) is 0 Å². The predicted octanol–water partition coefficient (Wildman–Crippen LogP) is 6.13. The van der Waals surface area contributed by atoms with Crippen LogP contribution in [0.25, 0.3) is 11.1 Å². The van der Waals surface area contributed by atoms with E-state index in [1.165, 1.54) is 11.1 Å². The molecule has 0 radical (unpaired) electrons. The van der Waals surface area contributed by atoms with Crippen LogP contribution in [0.5, 0.6) is 11.5 Å². The van der Waals surface area contributed by atoms with Gasteiger partial charge in [-0.15, -0.1) is 0 Å². The summed E-state index contributed by atoms with van der Waals surface area (Å²) in [6.07, 6.45) is 0. The van der Waals surface area contributed by atoms with E-state index in [0.717, 1.165) is 22.6 Å². The number of aryl methyl sites for hydroxylation is 1. The molecule has 0 unspecified atom stereocenters. The summed E-state index contributed by atoms with van der Waals surface area (Å²) < 4.78 is 15.8. The third-order valence-corrected chi connectivity index (χ3v) is 5.11. The van der Waals surface area contributed by atoms with Gasteiger partial charge in [-0.1, -0.05) is 55.8 Å². The molecule has 0 atom stereocenters. The van der Waals surface area contributed by atoms with E-state index in [2.05, 4.69) is 50.4 Å². The van der Waals surface area contributed by atoms with Crippen LogP contribution in [0.15, 0.2) is 60.7 Å². The lowest BCUT2D eigenvalue weighted by molar-refractivity contribution is 0.210. The molecule has 3 aromatic rings. The molecule has 3 rings (SSSR count). The summed E-state index contributed by atoms with van der Waals surface area (Å²) in [5, 5.41) is 3.23. The number of rotatable bonds is 8. The van der Waals surface area contributed by atoms with E-state index < -0.39 is 0 Å². The number of nitrogen functional groups attached to an aromatic ring is 1. The largest absolute Gasteiger partial charge is 0.497 e. The molecule has 0 saturated carbocycles. The molecule has 0 bridgehead atoms. The molecule has 0 spiro atoms. The van der Waals surface area contributed by atoms with E-state index in [4.69, 9.17) is 19.9 Å². The second-order valence-corrected chi connectivity index (χ2v) is 7.86. The van der Waals surface area contributed by atoms with Gasteiger partial charge >= 0.3 is 0 Å². The molecule has 0 fully saturated rings. The maximum absolute atomic E-state index is 6.17. The lowest BCUT2D eigenvalue weighted by atomic mass is 10.0. The summed E-state index contributed by atoms with van der Waals surface area (Å²) in [6.45, 7) is 7.80. The Morgan fingerprint density at radius 3 is 2.19 bits per heavy atom. The van der Waals surface area contributed by atoms with Crippen LogP contribution in [0, 0.1) is 6.92 Å². The number of methoxy groups -OCH3 is 3. The Labute approximate surface area is 192 Å². The number of hydrogen-bond acceptors (Lipinski definition) is 5. The number of hydrogen-bond donors (Lipinski definition) is 2. The fourth-order valence-corrected chi connectivity index (χ4v) is 3.19. The van der Waals surface area contributed by atoms with Crippen LogP contribution in [0.4, 0.5) is 11.4 Å². The van der Waals surface area contributed by atoms with Gasteiger partial charge in [0.1, 0.15) is 17.2 Å². The maximum Gasteiger partial charge on any atom is 0.144 e. The van der Waals surface area contributed by atoms with Crippen molar-refractivity contribution >= 4 is 11.4 Å². The van der Waals surface area contributed by atoms with Crippen molar-refractivity contribution in [1.29, 1.82) is 0 Å². The molecule has 3 N–H and O–H groups in total. The average Bonchev–Trinajstić information content (AvgIpc) is 2.80. The van der Waals surface area contributed by atoms with Gasteiger partial charge in [0, 0.05) is 13.7 Å². The quantitative estimate of drug-likeness (QED) is 0.328. The van der Waals surface area contributed by atoms with Gasteiger partial charge < -0.3 is 25.3 Å². The topological polar surface area (TPSA) is 65.7 Å². The molecule has 3 aromatic carbocycles. The highest BCUT2D eigenvalue weighted by Gasteiger charge is 2.11. The van der Waals surface area contributed by atoms with E-state index in [-0.39, 0.29) is 0 Å². The minimum atomic E-state index is 0.597. The van der Waals surface area contributed by atoms with Crippen molar-refractivity contribution in [3.63, 3.8) is 0 Å². The maximum atomic E-state index is 6.17. The lowest BCUT2D eigenvalue weighted by Gasteiger charge is -2.16. The van der Waals surface area contributed by atoms with E-state index in [9.17, 15) is 0 Å². The lowest BCUT2D eigenvalue weighted by Crippen LogP contribution is -2.10. The SMILES string of the molecule is COCCNc1c(N)cc(-c2cccc(OC)c2)cc1OC.Cc1ccc(C(C)C)cc1. The summed E-state index contributed by atoms with van der Waals surface area (Å²) in [6, 6.07) is 20.4. The minimum absolute atomic E-state index is 0.597. The van der Waals surface area contributed by atoms with Crippen molar-refractivity contribution < 1.29 is 14.2 Å². The summed E-state index contributed by atoms with van der Waals surface area (Å²) in [5.41, 5.74) is 12.3. The summed E-state index contributed by atoms with van der Waals surface area (Å²) in [5.74, 6) is 2.16. The van der Waals surface area contributed by atoms with Crippen molar-refractivity contribution in [2.75, 3.05) is 45.5 Å². The van der Waals surface area contributed by atoms with Crippen molar-refractivity contribution in [2.24, 2.45) is 0 Å². The van der Waals surface area contributed by atoms with Crippen molar-refractivity contribution in [1.82, 2.24) is 0 Å². The zero-order valence-electron chi connectivity index (χ0n) is 20.1. The van der Waals surface area contributed by atoms with Crippen LogP contribution < -0.4 is 20.5 Å².